The standard InChI is InChI=1S/C10H21NOS/c1-10-9-11(6-8-13-10)5-3-2-4-7-12/h10,12H,2-9H2,1H3. The average Bonchev–Trinajstić information content (AvgIpc) is 2.13. The molecular formula is C10H21NOS. The van der Waals surface area contributed by atoms with Gasteiger partial charge in [-0.25, -0.2) is 0 Å². The van der Waals surface area contributed by atoms with Crippen molar-refractivity contribution >= 4 is 11.8 Å². The molecule has 0 aromatic carbocycles. The molecule has 1 rings (SSSR count). The van der Waals surface area contributed by atoms with Gasteiger partial charge in [0.2, 0.25) is 0 Å². The summed E-state index contributed by atoms with van der Waals surface area (Å²) in [5.41, 5.74) is 0. The fourth-order valence-electron chi connectivity index (χ4n) is 1.72. The quantitative estimate of drug-likeness (QED) is 0.686. The molecule has 1 aliphatic heterocycles. The lowest BCUT2D eigenvalue weighted by molar-refractivity contribution is 0.259. The first-order chi connectivity index (χ1) is 6.33. The minimum atomic E-state index is 0.353. The van der Waals surface area contributed by atoms with Gasteiger partial charge in [0.1, 0.15) is 0 Å². The highest BCUT2D eigenvalue weighted by Crippen LogP contribution is 2.17. The van der Waals surface area contributed by atoms with E-state index in [1.54, 1.807) is 0 Å². The second-order valence-corrected chi connectivity index (χ2v) is 5.31. The average molecular weight is 203 g/mol. The van der Waals surface area contributed by atoms with Crippen molar-refractivity contribution in [1.82, 2.24) is 4.90 Å². The third kappa shape index (κ3) is 4.89. The molecule has 78 valence electrons. The molecule has 0 aliphatic carbocycles. The first-order valence-corrected chi connectivity index (χ1v) is 6.32. The molecule has 0 aromatic rings. The Labute approximate surface area is 85.7 Å². The van der Waals surface area contributed by atoms with E-state index in [1.165, 1.54) is 38.2 Å². The molecule has 1 unspecified atom stereocenters. The summed E-state index contributed by atoms with van der Waals surface area (Å²) >= 11 is 2.08. The van der Waals surface area contributed by atoms with Crippen LogP contribution in [0.3, 0.4) is 0 Å². The minimum absolute atomic E-state index is 0.353. The number of nitrogens with zero attached hydrogens (tertiary/aromatic N) is 1. The van der Waals surface area contributed by atoms with Crippen molar-refractivity contribution < 1.29 is 5.11 Å². The Balaban J connectivity index is 2.00. The van der Waals surface area contributed by atoms with Gasteiger partial charge in [0.25, 0.3) is 0 Å². The van der Waals surface area contributed by atoms with Crippen molar-refractivity contribution in [2.45, 2.75) is 31.4 Å². The number of hydrogen-bond donors (Lipinski definition) is 1. The van der Waals surface area contributed by atoms with Crippen LogP contribution in [-0.4, -0.2) is 47.3 Å². The van der Waals surface area contributed by atoms with Gasteiger partial charge in [-0.3, -0.25) is 0 Å². The van der Waals surface area contributed by atoms with Gasteiger partial charge >= 0.3 is 0 Å². The van der Waals surface area contributed by atoms with Crippen LogP contribution in [0.1, 0.15) is 26.2 Å². The van der Waals surface area contributed by atoms with Crippen molar-refractivity contribution in [2.75, 3.05) is 32.0 Å². The van der Waals surface area contributed by atoms with Crippen LogP contribution in [0.15, 0.2) is 0 Å². The molecule has 13 heavy (non-hydrogen) atoms. The Morgan fingerprint density at radius 3 is 2.92 bits per heavy atom. The summed E-state index contributed by atoms with van der Waals surface area (Å²) in [6.07, 6.45) is 3.39. The zero-order valence-electron chi connectivity index (χ0n) is 8.54. The summed E-state index contributed by atoms with van der Waals surface area (Å²) in [5, 5.41) is 9.44. The SMILES string of the molecule is CC1CN(CCCCCO)CCS1. The highest BCUT2D eigenvalue weighted by molar-refractivity contribution is 7.99. The van der Waals surface area contributed by atoms with E-state index in [0.29, 0.717) is 6.61 Å². The fraction of sp³-hybridized carbons (Fsp3) is 1.00. The first kappa shape index (κ1) is 11.3. The van der Waals surface area contributed by atoms with Crippen LogP contribution in [0, 0.1) is 0 Å². The van der Waals surface area contributed by atoms with Gasteiger partial charge in [-0.15, -0.1) is 0 Å². The van der Waals surface area contributed by atoms with Crippen LogP contribution in [0.4, 0.5) is 0 Å². The van der Waals surface area contributed by atoms with E-state index in [0.717, 1.165) is 11.7 Å². The lowest BCUT2D eigenvalue weighted by Crippen LogP contribution is -2.37. The summed E-state index contributed by atoms with van der Waals surface area (Å²) in [6.45, 7) is 6.40. The Hall–Kier alpha value is 0.270. The number of aliphatic hydroxyl groups is 1. The summed E-state index contributed by atoms with van der Waals surface area (Å²) < 4.78 is 0. The summed E-state index contributed by atoms with van der Waals surface area (Å²) in [4.78, 5) is 2.55. The first-order valence-electron chi connectivity index (χ1n) is 5.27. The molecule has 3 heteroatoms. The van der Waals surface area contributed by atoms with Crippen molar-refractivity contribution in [1.29, 1.82) is 0 Å². The second-order valence-electron chi connectivity index (χ2n) is 3.77. The maximum atomic E-state index is 8.63. The van der Waals surface area contributed by atoms with E-state index in [4.69, 9.17) is 5.11 Å². The third-order valence-electron chi connectivity index (χ3n) is 2.46. The maximum Gasteiger partial charge on any atom is 0.0431 e. The van der Waals surface area contributed by atoms with Crippen molar-refractivity contribution in [2.24, 2.45) is 0 Å². The predicted octanol–water partition coefficient (Wildman–Crippen LogP) is 1.59. The van der Waals surface area contributed by atoms with Crippen LogP contribution in [-0.2, 0) is 0 Å². The molecule has 0 bridgehead atoms. The molecule has 0 spiro atoms. The number of aliphatic hydroxyl groups excluding tert-OH is 1. The lowest BCUT2D eigenvalue weighted by Gasteiger charge is -2.30. The molecule has 0 aromatic heterocycles. The molecule has 1 atom stereocenters. The van der Waals surface area contributed by atoms with Crippen LogP contribution in [0.5, 0.6) is 0 Å². The molecule has 0 amide bonds. The number of hydrogen-bond acceptors (Lipinski definition) is 3. The largest absolute Gasteiger partial charge is 0.396 e. The van der Waals surface area contributed by atoms with Gasteiger partial charge in [0.05, 0.1) is 0 Å². The summed E-state index contributed by atoms with van der Waals surface area (Å²) in [6, 6.07) is 0. The van der Waals surface area contributed by atoms with Crippen LogP contribution < -0.4 is 0 Å². The molecule has 0 radical (unpaired) electrons. The van der Waals surface area contributed by atoms with Gasteiger partial charge in [-0.2, -0.15) is 11.8 Å². The van der Waals surface area contributed by atoms with Crippen LogP contribution in [0.2, 0.25) is 0 Å². The fourth-order valence-corrected chi connectivity index (χ4v) is 2.80. The van der Waals surface area contributed by atoms with Gasteiger partial charge in [0, 0.05) is 30.7 Å². The van der Waals surface area contributed by atoms with Gasteiger partial charge < -0.3 is 10.0 Å². The van der Waals surface area contributed by atoms with E-state index in [2.05, 4.69) is 23.6 Å². The molecule has 1 heterocycles. The highest BCUT2D eigenvalue weighted by Gasteiger charge is 2.15. The second kappa shape index (κ2) is 6.68. The Bertz CT molecular complexity index is 132. The molecule has 1 N–H and O–H groups in total. The third-order valence-corrected chi connectivity index (χ3v) is 3.59. The Morgan fingerprint density at radius 2 is 2.23 bits per heavy atom. The van der Waals surface area contributed by atoms with Gasteiger partial charge in [-0.1, -0.05) is 6.92 Å². The number of rotatable bonds is 5. The Morgan fingerprint density at radius 1 is 1.38 bits per heavy atom. The van der Waals surface area contributed by atoms with Crippen molar-refractivity contribution in [3.8, 4) is 0 Å². The predicted molar refractivity (Wildman–Crippen MR) is 59.3 cm³/mol. The topological polar surface area (TPSA) is 23.5 Å². The molecule has 1 saturated heterocycles. The zero-order chi connectivity index (χ0) is 9.52. The highest BCUT2D eigenvalue weighted by atomic mass is 32.2. The lowest BCUT2D eigenvalue weighted by atomic mass is 10.2. The minimum Gasteiger partial charge on any atom is -0.396 e. The molecule has 1 aliphatic rings. The van der Waals surface area contributed by atoms with Crippen molar-refractivity contribution in [3.05, 3.63) is 0 Å². The van der Waals surface area contributed by atoms with Crippen LogP contribution >= 0.6 is 11.8 Å². The van der Waals surface area contributed by atoms with Crippen molar-refractivity contribution in [3.63, 3.8) is 0 Å². The Kier molecular flexibility index (Phi) is 5.83. The number of unbranched alkanes of at least 4 members (excludes halogenated alkanes) is 2. The monoisotopic (exact) mass is 203 g/mol. The number of thioether (sulfide) groups is 1. The smallest absolute Gasteiger partial charge is 0.0431 e. The molecular weight excluding hydrogens is 182 g/mol. The summed E-state index contributed by atoms with van der Waals surface area (Å²) in [5.74, 6) is 1.29. The normalized spacial score (nSPS) is 24.9. The van der Waals surface area contributed by atoms with E-state index in [-0.39, 0.29) is 0 Å². The molecule has 2 nitrogen and oxygen atoms in total. The summed E-state index contributed by atoms with van der Waals surface area (Å²) in [7, 11) is 0. The maximum absolute atomic E-state index is 8.63. The van der Waals surface area contributed by atoms with E-state index in [1.807, 2.05) is 0 Å². The molecule has 0 saturated carbocycles. The van der Waals surface area contributed by atoms with E-state index in [9.17, 15) is 0 Å². The van der Waals surface area contributed by atoms with Gasteiger partial charge in [-0.05, 0) is 25.8 Å². The van der Waals surface area contributed by atoms with E-state index >= 15 is 0 Å². The molecule has 1 fully saturated rings. The zero-order valence-corrected chi connectivity index (χ0v) is 9.35. The van der Waals surface area contributed by atoms with E-state index < -0.39 is 0 Å². The van der Waals surface area contributed by atoms with Gasteiger partial charge in [0.15, 0.2) is 0 Å². The van der Waals surface area contributed by atoms with Crippen LogP contribution in [0.25, 0.3) is 0 Å².